The molecule has 0 aromatic rings. The van der Waals surface area contributed by atoms with Crippen molar-refractivity contribution in [3.8, 4) is 0 Å². The highest BCUT2D eigenvalue weighted by atomic mass is 35.5. The summed E-state index contributed by atoms with van der Waals surface area (Å²) in [5.41, 5.74) is 0. The number of halogens is 1. The minimum atomic E-state index is -3.11. The molecule has 64 valence electrons. The topological polar surface area (TPSA) is 41.5 Å². The van der Waals surface area contributed by atoms with Crippen LogP contribution in [0.3, 0.4) is 0 Å². The van der Waals surface area contributed by atoms with Crippen molar-refractivity contribution in [3.05, 3.63) is 0 Å². The van der Waals surface area contributed by atoms with E-state index in [1.54, 1.807) is 13.8 Å². The van der Waals surface area contributed by atoms with Gasteiger partial charge >= 0.3 is 0 Å². The van der Waals surface area contributed by atoms with Crippen LogP contribution >= 0.6 is 6.72 Å². The van der Waals surface area contributed by atoms with Crippen LogP contribution in [0.15, 0.2) is 0 Å². The molecule has 0 aliphatic rings. The highest BCUT2D eigenvalue weighted by Crippen LogP contribution is 2.37. The Morgan fingerprint density at radius 3 is 1.80 bits per heavy atom. The Kier molecular flexibility index (Phi) is 8.75. The first-order valence-electron chi connectivity index (χ1n) is 2.72. The van der Waals surface area contributed by atoms with Gasteiger partial charge in [-0.05, 0) is 13.8 Å². The average molecular weight is 205 g/mol. The molecule has 0 saturated heterocycles. The van der Waals surface area contributed by atoms with E-state index in [9.17, 15) is 4.89 Å². The van der Waals surface area contributed by atoms with Gasteiger partial charge in [-0.2, -0.15) is 0 Å². The Hall–Kier alpha value is 0.820. The predicted octanol–water partition coefficient (Wildman–Crippen LogP) is -2.35. The van der Waals surface area contributed by atoms with E-state index in [1.165, 1.54) is 0 Å². The van der Waals surface area contributed by atoms with Crippen molar-refractivity contribution in [2.24, 2.45) is 0 Å². The standard InChI is InChI=1S/C4H11O3PS.ClH/c1-3-6-8(5,9)7-4-2;/h3-4H2,1-2H3,(H,5,9);1H/p-2. The summed E-state index contributed by atoms with van der Waals surface area (Å²) in [6, 6.07) is 0. The summed E-state index contributed by atoms with van der Waals surface area (Å²) in [6.45, 7) is 0.999. The normalized spacial score (nSPS) is 10.7. The lowest BCUT2D eigenvalue weighted by molar-refractivity contribution is -0.205. The van der Waals surface area contributed by atoms with Crippen LogP contribution in [0.5, 0.6) is 0 Å². The molecule has 0 atom stereocenters. The molecule has 0 fully saturated rings. The van der Waals surface area contributed by atoms with Crippen LogP contribution in [0.25, 0.3) is 0 Å². The summed E-state index contributed by atoms with van der Waals surface area (Å²) in [4.78, 5) is 10.8. The lowest BCUT2D eigenvalue weighted by atomic mass is 10.9. The van der Waals surface area contributed by atoms with Gasteiger partial charge in [0, 0.05) is 0 Å². The van der Waals surface area contributed by atoms with Crippen LogP contribution < -0.4 is 17.3 Å². The van der Waals surface area contributed by atoms with Crippen LogP contribution in [0.4, 0.5) is 0 Å². The van der Waals surface area contributed by atoms with Crippen molar-refractivity contribution in [2.75, 3.05) is 13.2 Å². The fourth-order valence-electron chi connectivity index (χ4n) is 0.353. The minimum absolute atomic E-state index is 0. The zero-order chi connectivity index (χ0) is 7.33. The quantitative estimate of drug-likeness (QED) is 0.481. The maximum atomic E-state index is 10.8. The van der Waals surface area contributed by atoms with Gasteiger partial charge in [0.05, 0.1) is 13.2 Å². The highest BCUT2D eigenvalue weighted by molar-refractivity contribution is 8.06. The fraction of sp³-hybridized carbons (Fsp3) is 1.00. The van der Waals surface area contributed by atoms with E-state index in [0.717, 1.165) is 0 Å². The van der Waals surface area contributed by atoms with Crippen molar-refractivity contribution in [1.82, 2.24) is 0 Å². The molecule has 0 rings (SSSR count). The molecule has 0 aromatic carbocycles. The van der Waals surface area contributed by atoms with Crippen LogP contribution in [-0.4, -0.2) is 13.2 Å². The molecular weight excluding hydrogens is 195 g/mol. The number of hydrogen-bond acceptors (Lipinski definition) is 4. The van der Waals surface area contributed by atoms with Crippen molar-refractivity contribution in [3.63, 3.8) is 0 Å². The van der Waals surface area contributed by atoms with E-state index >= 15 is 0 Å². The van der Waals surface area contributed by atoms with Crippen LogP contribution in [0.1, 0.15) is 13.8 Å². The first-order valence-corrected chi connectivity index (χ1v) is 5.28. The molecular formula is C4H10ClO3PS-2. The Morgan fingerprint density at radius 2 is 1.60 bits per heavy atom. The van der Waals surface area contributed by atoms with Gasteiger partial charge in [0.2, 0.25) is 0 Å². The Morgan fingerprint density at radius 1 is 1.30 bits per heavy atom. The molecule has 0 aromatic heterocycles. The smallest absolute Gasteiger partial charge is 0.115 e. The van der Waals surface area contributed by atoms with Crippen molar-refractivity contribution >= 4 is 18.5 Å². The molecule has 0 bridgehead atoms. The van der Waals surface area contributed by atoms with Crippen LogP contribution in [0.2, 0.25) is 0 Å². The second-order valence-electron chi connectivity index (χ2n) is 1.28. The highest BCUT2D eigenvalue weighted by Gasteiger charge is 1.97. The lowest BCUT2D eigenvalue weighted by Gasteiger charge is -2.25. The van der Waals surface area contributed by atoms with Crippen molar-refractivity contribution in [1.29, 1.82) is 0 Å². The molecule has 3 nitrogen and oxygen atoms in total. The van der Waals surface area contributed by atoms with Gasteiger partial charge in [0.1, 0.15) is 6.72 Å². The second kappa shape index (κ2) is 6.53. The second-order valence-corrected chi connectivity index (χ2v) is 4.04. The average Bonchev–Trinajstić information content (AvgIpc) is 1.64. The molecule has 0 radical (unpaired) electrons. The first-order chi connectivity index (χ1) is 4.12. The molecule has 0 aliphatic carbocycles. The van der Waals surface area contributed by atoms with E-state index < -0.39 is 6.72 Å². The third-order valence-corrected chi connectivity index (χ3v) is 2.36. The minimum Gasteiger partial charge on any atom is -1.00 e. The molecule has 10 heavy (non-hydrogen) atoms. The molecule has 0 saturated carbocycles. The summed E-state index contributed by atoms with van der Waals surface area (Å²) < 4.78 is 9.24. The number of rotatable bonds is 4. The molecule has 0 amide bonds. The largest absolute Gasteiger partial charge is 1.00 e. The van der Waals surface area contributed by atoms with E-state index in [1.807, 2.05) is 0 Å². The fourth-order valence-corrected chi connectivity index (χ4v) is 1.69. The SMILES string of the molecule is CCOP([O-])(=S)OCC.[Cl-]. The van der Waals surface area contributed by atoms with E-state index in [0.29, 0.717) is 13.2 Å². The van der Waals surface area contributed by atoms with Gasteiger partial charge in [-0.3, -0.25) is 0 Å². The van der Waals surface area contributed by atoms with Gasteiger partial charge in [0.25, 0.3) is 0 Å². The van der Waals surface area contributed by atoms with E-state index in [2.05, 4.69) is 20.9 Å². The first kappa shape index (κ1) is 13.4. The molecule has 0 heterocycles. The monoisotopic (exact) mass is 204 g/mol. The zero-order valence-corrected chi connectivity index (χ0v) is 8.34. The van der Waals surface area contributed by atoms with E-state index in [4.69, 9.17) is 0 Å². The summed E-state index contributed by atoms with van der Waals surface area (Å²) in [7, 11) is 0. The van der Waals surface area contributed by atoms with Crippen LogP contribution in [0, 0.1) is 0 Å². The van der Waals surface area contributed by atoms with Crippen LogP contribution in [-0.2, 0) is 20.9 Å². The third-order valence-electron chi connectivity index (χ3n) is 0.574. The van der Waals surface area contributed by atoms with Crippen molar-refractivity contribution in [2.45, 2.75) is 13.8 Å². The van der Waals surface area contributed by atoms with Gasteiger partial charge < -0.3 is 26.3 Å². The molecule has 0 spiro atoms. The van der Waals surface area contributed by atoms with Gasteiger partial charge in [-0.25, -0.2) is 0 Å². The molecule has 0 N–H and O–H groups in total. The Bertz CT molecular complexity index is 111. The molecule has 0 unspecified atom stereocenters. The van der Waals surface area contributed by atoms with Gasteiger partial charge in [0.15, 0.2) is 0 Å². The maximum Gasteiger partial charge on any atom is 0.115 e. The zero-order valence-electron chi connectivity index (χ0n) is 5.87. The Balaban J connectivity index is 0. The Labute approximate surface area is 72.4 Å². The van der Waals surface area contributed by atoms with E-state index in [-0.39, 0.29) is 12.4 Å². The summed E-state index contributed by atoms with van der Waals surface area (Å²) in [5, 5.41) is 0. The molecule has 6 heteroatoms. The van der Waals surface area contributed by atoms with Crippen molar-refractivity contribution < 1.29 is 26.3 Å². The summed E-state index contributed by atoms with van der Waals surface area (Å²) in [6.07, 6.45) is 0. The number of hydrogen-bond donors (Lipinski definition) is 0. The summed E-state index contributed by atoms with van der Waals surface area (Å²) in [5.74, 6) is 0. The van der Waals surface area contributed by atoms with Gasteiger partial charge in [-0.15, -0.1) is 0 Å². The van der Waals surface area contributed by atoms with Gasteiger partial charge in [-0.1, -0.05) is 11.8 Å². The summed E-state index contributed by atoms with van der Waals surface area (Å²) >= 11 is 4.45. The predicted molar refractivity (Wildman–Crippen MR) is 37.5 cm³/mol. The lowest BCUT2D eigenvalue weighted by Crippen LogP contribution is -3.00. The molecule has 0 aliphatic heterocycles. The maximum absolute atomic E-state index is 10.8. The third kappa shape index (κ3) is 6.93.